The van der Waals surface area contributed by atoms with Gasteiger partial charge in [0.25, 0.3) is 0 Å². The van der Waals surface area contributed by atoms with Crippen molar-refractivity contribution in [2.45, 2.75) is 25.0 Å². The lowest BCUT2D eigenvalue weighted by Gasteiger charge is -2.05. The van der Waals surface area contributed by atoms with Gasteiger partial charge in [-0.15, -0.1) is 0 Å². The highest BCUT2D eigenvalue weighted by Gasteiger charge is 2.16. The maximum absolute atomic E-state index is 10.8. The van der Waals surface area contributed by atoms with Crippen molar-refractivity contribution in [1.29, 1.82) is 0 Å². The van der Waals surface area contributed by atoms with Crippen molar-refractivity contribution in [3.05, 3.63) is 0 Å². The van der Waals surface area contributed by atoms with E-state index < -0.39 is 10.8 Å². The molecule has 1 rings (SSSR count). The summed E-state index contributed by atoms with van der Waals surface area (Å²) in [5.74, 6) is 0.780. The number of nitrogens with zero attached hydrogens (tertiary/aromatic N) is 1. The molecular formula is C9H18N2OS2. The lowest BCUT2D eigenvalue weighted by atomic mass is 10.3. The Morgan fingerprint density at radius 3 is 3.07 bits per heavy atom. The average molecular weight is 234 g/mol. The zero-order valence-corrected chi connectivity index (χ0v) is 10.4. The first-order valence-corrected chi connectivity index (χ1v) is 7.58. The number of rotatable bonds is 5. The van der Waals surface area contributed by atoms with Crippen LogP contribution in [0.25, 0.3) is 0 Å². The summed E-state index contributed by atoms with van der Waals surface area (Å²) in [4.78, 5) is 4.40. The molecule has 0 fully saturated rings. The number of amidine groups is 1. The van der Waals surface area contributed by atoms with Gasteiger partial charge in [0.1, 0.15) is 0 Å². The van der Waals surface area contributed by atoms with Gasteiger partial charge in [-0.25, -0.2) is 0 Å². The Labute approximate surface area is 92.6 Å². The molecule has 0 saturated carbocycles. The molecule has 0 aromatic carbocycles. The Balaban J connectivity index is 2.05. The van der Waals surface area contributed by atoms with E-state index in [1.165, 1.54) is 6.42 Å². The van der Waals surface area contributed by atoms with E-state index in [2.05, 4.69) is 17.2 Å². The Bertz CT molecular complexity index is 231. The largest absolute Gasteiger partial charge is 0.365 e. The van der Waals surface area contributed by atoms with E-state index in [4.69, 9.17) is 0 Å². The molecule has 0 aliphatic carbocycles. The summed E-state index contributed by atoms with van der Waals surface area (Å²) in [6.45, 7) is 4.03. The van der Waals surface area contributed by atoms with Crippen molar-refractivity contribution in [2.75, 3.05) is 25.1 Å². The van der Waals surface area contributed by atoms with Crippen LogP contribution in [0.1, 0.15) is 19.8 Å². The molecular weight excluding hydrogens is 216 g/mol. The van der Waals surface area contributed by atoms with Crippen LogP contribution < -0.4 is 5.32 Å². The standard InChI is InChI=1S/C9H18N2OS2/c1-3-8-7-11-9(13-8)10-5-4-6-14(2)12/h8H,3-7H2,1-2H3,(H,10,11). The predicted octanol–water partition coefficient (Wildman–Crippen LogP) is 1.23. The van der Waals surface area contributed by atoms with Crippen molar-refractivity contribution in [1.82, 2.24) is 5.32 Å². The number of thioether (sulfide) groups is 1. The highest BCUT2D eigenvalue weighted by Crippen LogP contribution is 2.21. The third-order valence-corrected chi connectivity index (χ3v) is 4.23. The van der Waals surface area contributed by atoms with Gasteiger partial charge in [-0.05, 0) is 12.8 Å². The molecule has 1 heterocycles. The summed E-state index contributed by atoms with van der Waals surface area (Å²) in [5.41, 5.74) is 0. The summed E-state index contributed by atoms with van der Waals surface area (Å²) in [6, 6.07) is 0. The Hall–Kier alpha value is -0.0300. The van der Waals surface area contributed by atoms with E-state index >= 15 is 0 Å². The van der Waals surface area contributed by atoms with Crippen LogP contribution in [0, 0.1) is 0 Å². The molecule has 1 N–H and O–H groups in total. The highest BCUT2D eigenvalue weighted by molar-refractivity contribution is 8.14. The molecule has 14 heavy (non-hydrogen) atoms. The van der Waals surface area contributed by atoms with Crippen molar-refractivity contribution in [3.63, 3.8) is 0 Å². The van der Waals surface area contributed by atoms with E-state index in [-0.39, 0.29) is 0 Å². The second-order valence-corrected chi connectivity index (χ2v) is 6.20. The number of hydrogen-bond acceptors (Lipinski definition) is 4. The SMILES string of the molecule is CCC1CN=C(NCCCS(C)=O)S1. The average Bonchev–Trinajstić information content (AvgIpc) is 2.60. The fraction of sp³-hybridized carbons (Fsp3) is 0.889. The fourth-order valence-electron chi connectivity index (χ4n) is 1.20. The first-order valence-electron chi connectivity index (χ1n) is 4.97. The monoisotopic (exact) mass is 234 g/mol. The molecule has 0 radical (unpaired) electrons. The minimum absolute atomic E-state index is 0.664. The second-order valence-electron chi connectivity index (χ2n) is 3.35. The maximum Gasteiger partial charge on any atom is 0.156 e. The topological polar surface area (TPSA) is 41.5 Å². The van der Waals surface area contributed by atoms with Crippen molar-refractivity contribution < 1.29 is 4.21 Å². The van der Waals surface area contributed by atoms with E-state index in [1.807, 2.05) is 11.8 Å². The summed E-state index contributed by atoms with van der Waals surface area (Å²) in [7, 11) is -0.664. The van der Waals surface area contributed by atoms with E-state index in [9.17, 15) is 4.21 Å². The van der Waals surface area contributed by atoms with E-state index in [0.29, 0.717) is 5.25 Å². The van der Waals surface area contributed by atoms with Gasteiger partial charge in [0, 0.05) is 34.6 Å². The summed E-state index contributed by atoms with van der Waals surface area (Å²) >= 11 is 1.83. The quantitative estimate of drug-likeness (QED) is 0.727. The molecule has 0 spiro atoms. The summed E-state index contributed by atoms with van der Waals surface area (Å²) in [6.07, 6.45) is 3.88. The van der Waals surface area contributed by atoms with Crippen LogP contribution in [0.3, 0.4) is 0 Å². The molecule has 1 aliphatic heterocycles. The number of nitrogens with one attached hydrogen (secondary N) is 1. The molecule has 82 valence electrons. The number of hydrogen-bond donors (Lipinski definition) is 1. The van der Waals surface area contributed by atoms with Gasteiger partial charge in [0.15, 0.2) is 5.17 Å². The Morgan fingerprint density at radius 1 is 1.71 bits per heavy atom. The first kappa shape index (κ1) is 12.0. The fourth-order valence-corrected chi connectivity index (χ4v) is 2.71. The Kier molecular flexibility index (Phi) is 5.55. The van der Waals surface area contributed by atoms with Crippen molar-refractivity contribution >= 4 is 27.7 Å². The Morgan fingerprint density at radius 2 is 2.50 bits per heavy atom. The van der Waals surface area contributed by atoms with Gasteiger partial charge < -0.3 is 5.32 Å². The van der Waals surface area contributed by atoms with Crippen LogP contribution in [-0.4, -0.2) is 39.7 Å². The molecule has 0 bridgehead atoms. The van der Waals surface area contributed by atoms with Crippen molar-refractivity contribution in [2.24, 2.45) is 4.99 Å². The van der Waals surface area contributed by atoms with Crippen molar-refractivity contribution in [3.8, 4) is 0 Å². The van der Waals surface area contributed by atoms with E-state index in [0.717, 1.165) is 30.4 Å². The third kappa shape index (κ3) is 4.46. The van der Waals surface area contributed by atoms with Gasteiger partial charge in [-0.3, -0.25) is 9.20 Å². The maximum atomic E-state index is 10.8. The van der Waals surface area contributed by atoms with Gasteiger partial charge in [0.05, 0.1) is 6.54 Å². The van der Waals surface area contributed by atoms with Gasteiger partial charge in [-0.1, -0.05) is 18.7 Å². The molecule has 0 aromatic heterocycles. The minimum atomic E-state index is -0.664. The predicted molar refractivity (Wildman–Crippen MR) is 65.5 cm³/mol. The van der Waals surface area contributed by atoms with Gasteiger partial charge >= 0.3 is 0 Å². The molecule has 2 atom stereocenters. The van der Waals surface area contributed by atoms with E-state index in [1.54, 1.807) is 6.26 Å². The minimum Gasteiger partial charge on any atom is -0.365 e. The summed E-state index contributed by atoms with van der Waals surface area (Å²) < 4.78 is 10.8. The van der Waals surface area contributed by atoms with Crippen LogP contribution >= 0.6 is 11.8 Å². The number of aliphatic imine (C=N–C) groups is 1. The molecule has 0 saturated heterocycles. The highest BCUT2D eigenvalue weighted by atomic mass is 32.2. The normalized spacial score (nSPS) is 23.3. The molecule has 2 unspecified atom stereocenters. The van der Waals surface area contributed by atoms with Crippen LogP contribution in [0.15, 0.2) is 4.99 Å². The van der Waals surface area contributed by atoms with Crippen LogP contribution in [0.2, 0.25) is 0 Å². The molecule has 5 heteroatoms. The zero-order chi connectivity index (χ0) is 10.4. The first-order chi connectivity index (χ1) is 6.72. The molecule has 0 aromatic rings. The third-order valence-electron chi connectivity index (χ3n) is 2.06. The van der Waals surface area contributed by atoms with Crippen LogP contribution in [0.4, 0.5) is 0 Å². The van der Waals surface area contributed by atoms with Crippen LogP contribution in [0.5, 0.6) is 0 Å². The molecule has 0 amide bonds. The van der Waals surface area contributed by atoms with Gasteiger partial charge in [0.2, 0.25) is 0 Å². The summed E-state index contributed by atoms with van der Waals surface area (Å²) in [5, 5.41) is 5.01. The lowest BCUT2D eigenvalue weighted by molar-refractivity contribution is 0.683. The lowest BCUT2D eigenvalue weighted by Crippen LogP contribution is -2.21. The zero-order valence-electron chi connectivity index (χ0n) is 8.78. The van der Waals surface area contributed by atoms with Gasteiger partial charge in [-0.2, -0.15) is 0 Å². The molecule has 1 aliphatic rings. The smallest absolute Gasteiger partial charge is 0.156 e. The molecule has 3 nitrogen and oxygen atoms in total. The second kappa shape index (κ2) is 6.45. The van der Waals surface area contributed by atoms with Crippen LogP contribution in [-0.2, 0) is 10.8 Å².